The lowest BCUT2D eigenvalue weighted by Gasteiger charge is -2.23. The summed E-state index contributed by atoms with van der Waals surface area (Å²) in [6, 6.07) is 3.69. The number of thiophene rings is 1. The maximum atomic E-state index is 11.9. The van der Waals surface area contributed by atoms with Gasteiger partial charge < -0.3 is 16.0 Å². The van der Waals surface area contributed by atoms with Gasteiger partial charge in [0.2, 0.25) is 5.91 Å². The van der Waals surface area contributed by atoms with Crippen LogP contribution in [0.15, 0.2) is 17.5 Å². The summed E-state index contributed by atoms with van der Waals surface area (Å²) in [6.45, 7) is 1.29. The van der Waals surface area contributed by atoms with Crippen LogP contribution in [0.4, 0.5) is 0 Å². The van der Waals surface area contributed by atoms with Gasteiger partial charge in [-0.25, -0.2) is 0 Å². The maximum absolute atomic E-state index is 11.9. The van der Waals surface area contributed by atoms with E-state index in [4.69, 9.17) is 5.73 Å². The van der Waals surface area contributed by atoms with Crippen molar-refractivity contribution in [2.24, 2.45) is 5.73 Å². The number of carbonyl (C=O) groups is 2. The molecule has 3 N–H and O–H groups in total. The van der Waals surface area contributed by atoms with Gasteiger partial charge in [-0.1, -0.05) is 6.07 Å². The number of hydrogen-bond donors (Lipinski definition) is 2. The van der Waals surface area contributed by atoms with E-state index in [1.165, 1.54) is 11.3 Å². The van der Waals surface area contributed by atoms with Crippen LogP contribution in [0, 0.1) is 0 Å². The average molecular weight is 267 g/mol. The number of nitrogens with two attached hydrogens (primary N) is 1. The molecule has 1 saturated heterocycles. The van der Waals surface area contributed by atoms with Gasteiger partial charge in [0.25, 0.3) is 5.91 Å². The number of carbonyl (C=O) groups excluding carboxylic acids is 2. The van der Waals surface area contributed by atoms with Crippen LogP contribution in [0.3, 0.4) is 0 Å². The molecule has 6 heteroatoms. The van der Waals surface area contributed by atoms with Crippen molar-refractivity contribution in [1.29, 1.82) is 0 Å². The molecule has 0 spiro atoms. The summed E-state index contributed by atoms with van der Waals surface area (Å²) in [5.74, 6) is -0.241. The smallest absolute Gasteiger partial charge is 0.261 e. The van der Waals surface area contributed by atoms with Crippen LogP contribution in [0.2, 0.25) is 0 Å². The molecule has 1 aromatic heterocycles. The first kappa shape index (κ1) is 13.0. The van der Waals surface area contributed by atoms with Crippen molar-refractivity contribution in [3.8, 4) is 0 Å². The fourth-order valence-electron chi connectivity index (χ4n) is 2.16. The molecule has 1 aliphatic rings. The van der Waals surface area contributed by atoms with Crippen molar-refractivity contribution < 1.29 is 9.59 Å². The van der Waals surface area contributed by atoms with Crippen LogP contribution in [0.5, 0.6) is 0 Å². The van der Waals surface area contributed by atoms with Gasteiger partial charge in [-0.15, -0.1) is 11.3 Å². The van der Waals surface area contributed by atoms with Gasteiger partial charge in [-0.05, 0) is 24.3 Å². The summed E-state index contributed by atoms with van der Waals surface area (Å²) < 4.78 is 0. The third kappa shape index (κ3) is 2.88. The Balaban J connectivity index is 1.83. The summed E-state index contributed by atoms with van der Waals surface area (Å²) >= 11 is 1.36. The summed E-state index contributed by atoms with van der Waals surface area (Å²) in [5.41, 5.74) is 5.62. The van der Waals surface area contributed by atoms with E-state index in [-0.39, 0.29) is 24.4 Å². The normalized spacial score (nSPS) is 18.9. The van der Waals surface area contributed by atoms with E-state index in [9.17, 15) is 9.59 Å². The zero-order chi connectivity index (χ0) is 13.0. The Labute approximate surface area is 110 Å². The first-order chi connectivity index (χ1) is 8.72. The van der Waals surface area contributed by atoms with Crippen molar-refractivity contribution in [2.45, 2.75) is 18.9 Å². The van der Waals surface area contributed by atoms with Gasteiger partial charge in [0.15, 0.2) is 0 Å². The Morgan fingerprint density at radius 2 is 2.39 bits per heavy atom. The molecule has 5 nitrogen and oxygen atoms in total. The van der Waals surface area contributed by atoms with E-state index in [1.54, 1.807) is 11.0 Å². The molecule has 0 aliphatic carbocycles. The Morgan fingerprint density at radius 3 is 3.06 bits per heavy atom. The number of nitrogens with one attached hydrogen (secondary N) is 1. The molecule has 0 aromatic carbocycles. The monoisotopic (exact) mass is 267 g/mol. The van der Waals surface area contributed by atoms with E-state index in [0.29, 0.717) is 11.4 Å². The fourth-order valence-corrected chi connectivity index (χ4v) is 2.80. The average Bonchev–Trinajstić information content (AvgIpc) is 3.04. The van der Waals surface area contributed by atoms with Crippen molar-refractivity contribution >= 4 is 23.2 Å². The van der Waals surface area contributed by atoms with Gasteiger partial charge in [0, 0.05) is 19.1 Å². The molecule has 2 heterocycles. The van der Waals surface area contributed by atoms with Gasteiger partial charge in [-0.2, -0.15) is 0 Å². The molecule has 0 saturated carbocycles. The molecular formula is C12H17N3O2S. The van der Waals surface area contributed by atoms with Gasteiger partial charge in [-0.3, -0.25) is 9.59 Å². The number of hydrogen-bond acceptors (Lipinski definition) is 4. The highest BCUT2D eigenvalue weighted by Crippen LogP contribution is 2.15. The van der Waals surface area contributed by atoms with Gasteiger partial charge >= 0.3 is 0 Å². The summed E-state index contributed by atoms with van der Waals surface area (Å²) in [6.07, 6.45) is 1.95. The second-order valence-electron chi connectivity index (χ2n) is 4.28. The molecule has 0 radical (unpaired) electrons. The fraction of sp³-hybridized carbons (Fsp3) is 0.500. The van der Waals surface area contributed by atoms with Crippen molar-refractivity contribution in [3.05, 3.63) is 22.4 Å². The van der Waals surface area contributed by atoms with E-state index in [2.05, 4.69) is 5.32 Å². The second kappa shape index (κ2) is 5.97. The molecule has 1 unspecified atom stereocenters. The lowest BCUT2D eigenvalue weighted by Crippen LogP contribution is -2.45. The van der Waals surface area contributed by atoms with Gasteiger partial charge in [0.1, 0.15) is 0 Å². The Bertz CT molecular complexity index is 419. The lowest BCUT2D eigenvalue weighted by molar-refractivity contribution is -0.130. The molecule has 2 rings (SSSR count). The minimum absolute atomic E-state index is 0.0483. The Hall–Kier alpha value is -1.40. The highest BCUT2D eigenvalue weighted by atomic mass is 32.1. The van der Waals surface area contributed by atoms with Crippen molar-refractivity contribution in [1.82, 2.24) is 10.2 Å². The largest absolute Gasteiger partial charge is 0.342 e. The first-order valence-electron chi connectivity index (χ1n) is 6.03. The third-order valence-electron chi connectivity index (χ3n) is 3.11. The zero-order valence-electron chi connectivity index (χ0n) is 10.1. The molecule has 0 bridgehead atoms. The van der Waals surface area contributed by atoms with Crippen LogP contribution >= 0.6 is 11.3 Å². The highest BCUT2D eigenvalue weighted by Gasteiger charge is 2.27. The molecule has 1 aromatic rings. The summed E-state index contributed by atoms with van der Waals surface area (Å²) in [5, 5.41) is 4.48. The van der Waals surface area contributed by atoms with Crippen LogP contribution in [0.1, 0.15) is 22.5 Å². The molecule has 98 valence electrons. The van der Waals surface area contributed by atoms with E-state index in [1.807, 2.05) is 11.4 Å². The second-order valence-corrected chi connectivity index (χ2v) is 5.23. The molecular weight excluding hydrogens is 250 g/mol. The zero-order valence-corrected chi connectivity index (χ0v) is 10.9. The lowest BCUT2D eigenvalue weighted by atomic mass is 10.2. The van der Waals surface area contributed by atoms with E-state index in [0.717, 1.165) is 19.4 Å². The van der Waals surface area contributed by atoms with Crippen LogP contribution in [-0.4, -0.2) is 42.4 Å². The van der Waals surface area contributed by atoms with Crippen LogP contribution in [-0.2, 0) is 4.79 Å². The Kier molecular flexibility index (Phi) is 4.33. The number of likely N-dealkylation sites (tertiary alicyclic amines) is 1. The highest BCUT2D eigenvalue weighted by molar-refractivity contribution is 7.12. The summed E-state index contributed by atoms with van der Waals surface area (Å²) in [4.78, 5) is 26.0. The summed E-state index contributed by atoms with van der Waals surface area (Å²) in [7, 11) is 0. The molecule has 1 aliphatic heterocycles. The predicted octanol–water partition coefficient (Wildman–Crippen LogP) is 0.428. The number of nitrogens with zero attached hydrogens (tertiary/aromatic N) is 1. The predicted molar refractivity (Wildman–Crippen MR) is 70.4 cm³/mol. The quantitative estimate of drug-likeness (QED) is 0.830. The molecule has 18 heavy (non-hydrogen) atoms. The van der Waals surface area contributed by atoms with Crippen LogP contribution in [0.25, 0.3) is 0 Å². The first-order valence-corrected chi connectivity index (χ1v) is 6.91. The minimum Gasteiger partial charge on any atom is -0.342 e. The number of amides is 2. The minimum atomic E-state index is -0.193. The molecule has 1 atom stereocenters. The van der Waals surface area contributed by atoms with Crippen molar-refractivity contribution in [2.75, 3.05) is 19.6 Å². The van der Waals surface area contributed by atoms with Crippen LogP contribution < -0.4 is 11.1 Å². The van der Waals surface area contributed by atoms with Gasteiger partial charge in [0.05, 0.1) is 11.4 Å². The Morgan fingerprint density at radius 1 is 1.56 bits per heavy atom. The molecule has 1 fully saturated rings. The standard InChI is InChI=1S/C12H17N3O2S/c13-7-9-3-1-5-15(9)11(16)8-14-12(17)10-4-2-6-18-10/h2,4,6,9H,1,3,5,7-8,13H2,(H,14,17). The SMILES string of the molecule is NCC1CCCN1C(=O)CNC(=O)c1cccs1. The third-order valence-corrected chi connectivity index (χ3v) is 3.98. The molecule has 2 amide bonds. The van der Waals surface area contributed by atoms with E-state index < -0.39 is 0 Å². The maximum Gasteiger partial charge on any atom is 0.261 e. The van der Waals surface area contributed by atoms with E-state index >= 15 is 0 Å². The van der Waals surface area contributed by atoms with Crippen molar-refractivity contribution in [3.63, 3.8) is 0 Å². The number of rotatable bonds is 4. The topological polar surface area (TPSA) is 75.4 Å².